The Morgan fingerprint density at radius 2 is 1.96 bits per heavy atom. The summed E-state index contributed by atoms with van der Waals surface area (Å²) in [6, 6.07) is 7.42. The zero-order valence-corrected chi connectivity index (χ0v) is 14.8. The molecule has 0 bridgehead atoms. The first kappa shape index (κ1) is 18.3. The largest absolute Gasteiger partial charge is 0.496 e. The van der Waals surface area contributed by atoms with E-state index >= 15 is 0 Å². The maximum absolute atomic E-state index is 12.4. The molecule has 2 amide bonds. The van der Waals surface area contributed by atoms with Crippen LogP contribution in [0.5, 0.6) is 11.6 Å². The Balaban J connectivity index is 1.94. The van der Waals surface area contributed by atoms with Crippen molar-refractivity contribution in [1.29, 1.82) is 0 Å². The molecule has 1 aromatic heterocycles. The number of aryl methyl sites for hydroxylation is 1. The molecular formula is C17H22N4O4. The third kappa shape index (κ3) is 4.50. The van der Waals surface area contributed by atoms with Crippen LogP contribution in [-0.2, 0) is 18.4 Å². The van der Waals surface area contributed by atoms with Crippen molar-refractivity contribution in [2.45, 2.75) is 6.54 Å². The average Bonchev–Trinajstić information content (AvgIpc) is 3.00. The maximum atomic E-state index is 12.4. The van der Waals surface area contributed by atoms with Crippen molar-refractivity contribution in [3.05, 3.63) is 41.6 Å². The van der Waals surface area contributed by atoms with Crippen molar-refractivity contribution in [1.82, 2.24) is 20.0 Å². The number of hydrogen-bond donors (Lipinski definition) is 1. The fraction of sp³-hybridized carbons (Fsp3) is 0.353. The van der Waals surface area contributed by atoms with Gasteiger partial charge < -0.3 is 19.7 Å². The molecule has 0 radical (unpaired) electrons. The maximum Gasteiger partial charge on any atom is 0.261 e. The predicted molar refractivity (Wildman–Crippen MR) is 91.6 cm³/mol. The van der Waals surface area contributed by atoms with Gasteiger partial charge in [-0.25, -0.2) is 0 Å². The summed E-state index contributed by atoms with van der Waals surface area (Å²) >= 11 is 0. The summed E-state index contributed by atoms with van der Waals surface area (Å²) < 4.78 is 11.8. The van der Waals surface area contributed by atoms with Gasteiger partial charge in [0.25, 0.3) is 5.91 Å². The average molecular weight is 346 g/mol. The second kappa shape index (κ2) is 8.18. The zero-order chi connectivity index (χ0) is 18.4. The number of nitrogens with zero attached hydrogens (tertiary/aromatic N) is 3. The topological polar surface area (TPSA) is 85.7 Å². The Hall–Kier alpha value is -3.03. The Kier molecular flexibility index (Phi) is 5.99. The van der Waals surface area contributed by atoms with Crippen LogP contribution in [0.15, 0.2) is 30.5 Å². The molecule has 0 spiro atoms. The molecule has 25 heavy (non-hydrogen) atoms. The molecule has 8 heteroatoms. The fourth-order valence-electron chi connectivity index (χ4n) is 2.36. The molecule has 1 aromatic carbocycles. The molecule has 0 aliphatic carbocycles. The van der Waals surface area contributed by atoms with Crippen molar-refractivity contribution in [2.75, 3.05) is 27.8 Å². The first-order valence-electron chi connectivity index (χ1n) is 7.68. The number of aromatic nitrogens is 2. The standard InChI is InChI=1S/C17H22N4O4/c1-20(17(23)13-10-21(2)19-16(13)25-4)11-15(22)18-9-12-7-5-6-8-14(12)24-3/h5-8,10H,9,11H2,1-4H3,(H,18,22). The van der Waals surface area contributed by atoms with Crippen LogP contribution >= 0.6 is 0 Å². The molecule has 0 aliphatic heterocycles. The number of likely N-dealkylation sites (N-methyl/N-ethyl adjacent to an activating group) is 1. The molecule has 0 atom stereocenters. The quantitative estimate of drug-likeness (QED) is 0.802. The molecule has 8 nitrogen and oxygen atoms in total. The van der Waals surface area contributed by atoms with Gasteiger partial charge in [0.1, 0.15) is 11.3 Å². The lowest BCUT2D eigenvalue weighted by Crippen LogP contribution is -2.38. The van der Waals surface area contributed by atoms with Crippen LogP contribution in [0.2, 0.25) is 0 Å². The highest BCUT2D eigenvalue weighted by Gasteiger charge is 2.21. The summed E-state index contributed by atoms with van der Waals surface area (Å²) in [6.07, 6.45) is 1.56. The first-order valence-corrected chi connectivity index (χ1v) is 7.68. The van der Waals surface area contributed by atoms with Crippen LogP contribution in [0.3, 0.4) is 0 Å². The molecule has 0 saturated heterocycles. The number of benzene rings is 1. The second-order valence-electron chi connectivity index (χ2n) is 5.48. The van der Waals surface area contributed by atoms with Crippen molar-refractivity contribution in [3.8, 4) is 11.6 Å². The van der Waals surface area contributed by atoms with Gasteiger partial charge >= 0.3 is 0 Å². The Morgan fingerprint density at radius 3 is 2.64 bits per heavy atom. The number of carbonyl (C=O) groups excluding carboxylic acids is 2. The summed E-state index contributed by atoms with van der Waals surface area (Å²) in [4.78, 5) is 25.9. The molecular weight excluding hydrogens is 324 g/mol. The van der Waals surface area contributed by atoms with Gasteiger partial charge in [-0.1, -0.05) is 18.2 Å². The molecule has 0 unspecified atom stereocenters. The normalized spacial score (nSPS) is 10.2. The predicted octanol–water partition coefficient (Wildman–Crippen LogP) is 0.826. The number of rotatable bonds is 7. The Bertz CT molecular complexity index is 757. The number of nitrogens with one attached hydrogen (secondary N) is 1. The second-order valence-corrected chi connectivity index (χ2v) is 5.48. The molecule has 1 heterocycles. The van der Waals surface area contributed by atoms with E-state index in [4.69, 9.17) is 9.47 Å². The van der Waals surface area contributed by atoms with Gasteiger partial charge in [0, 0.05) is 32.4 Å². The molecule has 134 valence electrons. The highest BCUT2D eigenvalue weighted by Crippen LogP contribution is 2.17. The highest BCUT2D eigenvalue weighted by molar-refractivity contribution is 5.98. The van der Waals surface area contributed by atoms with Gasteiger partial charge in [-0.15, -0.1) is 5.10 Å². The third-order valence-electron chi connectivity index (χ3n) is 3.61. The van der Waals surface area contributed by atoms with Crippen LogP contribution in [0, 0.1) is 0 Å². The number of carbonyl (C=O) groups is 2. The van der Waals surface area contributed by atoms with E-state index in [1.807, 2.05) is 24.3 Å². The van der Waals surface area contributed by atoms with Crippen molar-refractivity contribution >= 4 is 11.8 Å². The summed E-state index contributed by atoms with van der Waals surface area (Å²) in [5, 5.41) is 6.82. The van der Waals surface area contributed by atoms with Gasteiger partial charge in [-0.3, -0.25) is 14.3 Å². The monoisotopic (exact) mass is 346 g/mol. The van der Waals surface area contributed by atoms with Gasteiger partial charge in [0.15, 0.2) is 0 Å². The minimum absolute atomic E-state index is 0.0774. The van der Waals surface area contributed by atoms with Crippen LogP contribution in [-0.4, -0.2) is 54.3 Å². The SMILES string of the molecule is COc1ccccc1CNC(=O)CN(C)C(=O)c1cn(C)nc1OC. The molecule has 2 aromatic rings. The van der Waals surface area contributed by atoms with Gasteiger partial charge in [-0.2, -0.15) is 0 Å². The third-order valence-corrected chi connectivity index (χ3v) is 3.61. The molecule has 1 N–H and O–H groups in total. The minimum Gasteiger partial charge on any atom is -0.496 e. The molecule has 2 rings (SSSR count). The van der Waals surface area contributed by atoms with Crippen LogP contribution in [0.25, 0.3) is 0 Å². The van der Waals surface area contributed by atoms with Crippen molar-refractivity contribution in [3.63, 3.8) is 0 Å². The fourth-order valence-corrected chi connectivity index (χ4v) is 2.36. The summed E-state index contributed by atoms with van der Waals surface area (Å²) in [6.45, 7) is 0.243. The summed E-state index contributed by atoms with van der Waals surface area (Å²) in [5.74, 6) is 0.322. The van der Waals surface area contributed by atoms with E-state index in [9.17, 15) is 9.59 Å². The van der Waals surface area contributed by atoms with E-state index in [0.29, 0.717) is 17.9 Å². The number of ether oxygens (including phenoxy) is 2. The molecule has 0 saturated carbocycles. The van der Waals surface area contributed by atoms with Gasteiger partial charge in [0.05, 0.1) is 20.8 Å². The van der Waals surface area contributed by atoms with Gasteiger partial charge in [0.2, 0.25) is 11.8 Å². The molecule has 0 aliphatic rings. The van der Waals surface area contributed by atoms with E-state index in [2.05, 4.69) is 10.4 Å². The van der Waals surface area contributed by atoms with Crippen molar-refractivity contribution < 1.29 is 19.1 Å². The zero-order valence-electron chi connectivity index (χ0n) is 14.8. The lowest BCUT2D eigenvalue weighted by atomic mass is 10.2. The van der Waals surface area contributed by atoms with Crippen LogP contribution < -0.4 is 14.8 Å². The van der Waals surface area contributed by atoms with Crippen LogP contribution in [0.4, 0.5) is 0 Å². The highest BCUT2D eigenvalue weighted by atomic mass is 16.5. The van der Waals surface area contributed by atoms with Crippen molar-refractivity contribution in [2.24, 2.45) is 7.05 Å². The van der Waals surface area contributed by atoms with Crippen LogP contribution in [0.1, 0.15) is 15.9 Å². The number of methoxy groups -OCH3 is 2. The number of para-hydroxylation sites is 1. The smallest absolute Gasteiger partial charge is 0.261 e. The Morgan fingerprint density at radius 1 is 1.24 bits per heavy atom. The number of hydrogen-bond acceptors (Lipinski definition) is 5. The van der Waals surface area contributed by atoms with E-state index in [1.54, 1.807) is 27.4 Å². The molecule has 0 fully saturated rings. The summed E-state index contributed by atoms with van der Waals surface area (Å²) in [7, 11) is 6.27. The summed E-state index contributed by atoms with van der Waals surface area (Å²) in [5.41, 5.74) is 1.17. The first-order chi connectivity index (χ1) is 12.0. The minimum atomic E-state index is -0.336. The lowest BCUT2D eigenvalue weighted by molar-refractivity contribution is -0.121. The van der Waals surface area contributed by atoms with E-state index in [1.165, 1.54) is 16.7 Å². The van der Waals surface area contributed by atoms with E-state index in [0.717, 1.165) is 5.56 Å². The van der Waals surface area contributed by atoms with Gasteiger partial charge in [-0.05, 0) is 6.07 Å². The lowest BCUT2D eigenvalue weighted by Gasteiger charge is -2.17. The Labute approximate surface area is 146 Å². The number of amides is 2. The van der Waals surface area contributed by atoms with E-state index < -0.39 is 0 Å². The van der Waals surface area contributed by atoms with E-state index in [-0.39, 0.29) is 24.2 Å².